The minimum Gasteiger partial charge on any atom is -0.481 e. The number of benzene rings is 1. The summed E-state index contributed by atoms with van der Waals surface area (Å²) in [7, 11) is 0. The molecule has 1 aromatic rings. The molecule has 0 aromatic heterocycles. The van der Waals surface area contributed by atoms with E-state index in [0.717, 1.165) is 36.8 Å². The molecule has 1 fully saturated rings. The van der Waals surface area contributed by atoms with Crippen LogP contribution in [0.3, 0.4) is 0 Å². The van der Waals surface area contributed by atoms with Crippen molar-refractivity contribution in [3.8, 4) is 0 Å². The maximum Gasteiger partial charge on any atom is 0.307 e. The smallest absolute Gasteiger partial charge is 0.307 e. The maximum atomic E-state index is 12.1. The molecule has 0 aliphatic heterocycles. The number of carboxylic acids is 1. The van der Waals surface area contributed by atoms with Crippen LogP contribution >= 0.6 is 0 Å². The number of rotatable bonds is 5. The summed E-state index contributed by atoms with van der Waals surface area (Å²) in [6.07, 6.45) is 3.37. The standard InChI is InChI=1S/C15H20N2O3/c16-15(7-3-4-8-15)14(20)17-10-12-6-2-1-5-11(12)9-13(18)19/h1-2,5-6H,3-4,7-10,16H2,(H,17,20)(H,18,19). The van der Waals surface area contributed by atoms with E-state index < -0.39 is 11.5 Å². The van der Waals surface area contributed by atoms with Crippen molar-refractivity contribution in [1.29, 1.82) is 0 Å². The van der Waals surface area contributed by atoms with Gasteiger partial charge in [0, 0.05) is 6.54 Å². The maximum absolute atomic E-state index is 12.1. The topological polar surface area (TPSA) is 92.4 Å². The van der Waals surface area contributed by atoms with E-state index in [1.807, 2.05) is 12.1 Å². The van der Waals surface area contributed by atoms with Crippen molar-refractivity contribution in [2.24, 2.45) is 5.73 Å². The predicted octanol–water partition coefficient (Wildman–Crippen LogP) is 1.20. The predicted molar refractivity (Wildman–Crippen MR) is 75.0 cm³/mol. The van der Waals surface area contributed by atoms with Crippen LogP contribution in [0.1, 0.15) is 36.8 Å². The third-order valence-electron chi connectivity index (χ3n) is 3.85. The van der Waals surface area contributed by atoms with Crippen LogP contribution in [-0.2, 0) is 22.6 Å². The Labute approximate surface area is 118 Å². The zero-order valence-electron chi connectivity index (χ0n) is 11.4. The second kappa shape index (κ2) is 6.05. The second-order valence-electron chi connectivity index (χ2n) is 5.39. The van der Waals surface area contributed by atoms with E-state index in [2.05, 4.69) is 5.32 Å². The van der Waals surface area contributed by atoms with Gasteiger partial charge in [-0.2, -0.15) is 0 Å². The van der Waals surface area contributed by atoms with Crippen LogP contribution in [0.15, 0.2) is 24.3 Å². The Kier molecular flexibility index (Phi) is 4.39. The minimum atomic E-state index is -0.880. The molecule has 0 heterocycles. The van der Waals surface area contributed by atoms with E-state index in [4.69, 9.17) is 10.8 Å². The minimum absolute atomic E-state index is 0.0419. The molecule has 108 valence electrons. The highest BCUT2D eigenvalue weighted by Gasteiger charge is 2.36. The molecule has 0 bridgehead atoms. The summed E-state index contributed by atoms with van der Waals surface area (Å²) in [6, 6.07) is 7.23. The molecule has 1 saturated carbocycles. The number of aliphatic carboxylic acids is 1. The number of hydrogen-bond acceptors (Lipinski definition) is 3. The molecule has 0 spiro atoms. The average molecular weight is 276 g/mol. The fourth-order valence-corrected chi connectivity index (χ4v) is 2.65. The van der Waals surface area contributed by atoms with Crippen molar-refractivity contribution in [1.82, 2.24) is 5.32 Å². The Morgan fingerprint density at radius 3 is 2.40 bits per heavy atom. The lowest BCUT2D eigenvalue weighted by Crippen LogP contribution is -2.51. The number of hydrogen-bond donors (Lipinski definition) is 3. The van der Waals surface area contributed by atoms with Crippen LogP contribution in [0.5, 0.6) is 0 Å². The summed E-state index contributed by atoms with van der Waals surface area (Å²) >= 11 is 0. The molecule has 0 unspecified atom stereocenters. The van der Waals surface area contributed by atoms with Gasteiger partial charge in [-0.25, -0.2) is 0 Å². The van der Waals surface area contributed by atoms with Gasteiger partial charge >= 0.3 is 5.97 Å². The Hall–Kier alpha value is -1.88. The van der Waals surface area contributed by atoms with Gasteiger partial charge in [0.15, 0.2) is 0 Å². The molecule has 0 saturated heterocycles. The lowest BCUT2D eigenvalue weighted by Gasteiger charge is -2.22. The molecular formula is C15H20N2O3. The average Bonchev–Trinajstić information content (AvgIpc) is 2.85. The normalized spacial score (nSPS) is 16.9. The lowest BCUT2D eigenvalue weighted by molar-refractivity contribution is -0.136. The lowest BCUT2D eigenvalue weighted by atomic mass is 9.97. The van der Waals surface area contributed by atoms with Crippen molar-refractivity contribution in [3.63, 3.8) is 0 Å². The molecule has 1 aliphatic carbocycles. The number of nitrogens with one attached hydrogen (secondary N) is 1. The Morgan fingerprint density at radius 2 is 1.80 bits per heavy atom. The third kappa shape index (κ3) is 3.36. The highest BCUT2D eigenvalue weighted by Crippen LogP contribution is 2.27. The van der Waals surface area contributed by atoms with Crippen LogP contribution < -0.4 is 11.1 Å². The van der Waals surface area contributed by atoms with Gasteiger partial charge in [-0.05, 0) is 24.0 Å². The highest BCUT2D eigenvalue weighted by molar-refractivity contribution is 5.86. The zero-order chi connectivity index (χ0) is 14.6. The molecule has 0 radical (unpaired) electrons. The van der Waals surface area contributed by atoms with E-state index in [-0.39, 0.29) is 12.3 Å². The van der Waals surface area contributed by atoms with E-state index in [1.54, 1.807) is 12.1 Å². The molecular weight excluding hydrogens is 256 g/mol. The van der Waals surface area contributed by atoms with Gasteiger partial charge < -0.3 is 16.2 Å². The van der Waals surface area contributed by atoms with Gasteiger partial charge in [0.25, 0.3) is 0 Å². The monoisotopic (exact) mass is 276 g/mol. The quantitative estimate of drug-likeness (QED) is 0.753. The van der Waals surface area contributed by atoms with Gasteiger partial charge in [0.2, 0.25) is 5.91 Å². The number of nitrogens with two attached hydrogens (primary N) is 1. The van der Waals surface area contributed by atoms with Crippen LogP contribution in [-0.4, -0.2) is 22.5 Å². The Bertz CT molecular complexity index is 508. The molecule has 2 rings (SSSR count). The summed E-state index contributed by atoms with van der Waals surface area (Å²) in [5.41, 5.74) is 6.88. The third-order valence-corrected chi connectivity index (χ3v) is 3.85. The van der Waals surface area contributed by atoms with Crippen molar-refractivity contribution in [3.05, 3.63) is 35.4 Å². The summed E-state index contributed by atoms with van der Waals surface area (Å²) in [6.45, 7) is 0.321. The first-order chi connectivity index (χ1) is 9.51. The van der Waals surface area contributed by atoms with Gasteiger partial charge in [-0.15, -0.1) is 0 Å². The van der Waals surface area contributed by atoms with Crippen LogP contribution in [0.4, 0.5) is 0 Å². The van der Waals surface area contributed by atoms with Crippen molar-refractivity contribution >= 4 is 11.9 Å². The first-order valence-corrected chi connectivity index (χ1v) is 6.87. The Balaban J connectivity index is 2.00. The Morgan fingerprint density at radius 1 is 1.20 bits per heavy atom. The molecule has 5 nitrogen and oxygen atoms in total. The first-order valence-electron chi connectivity index (χ1n) is 6.87. The van der Waals surface area contributed by atoms with Crippen molar-refractivity contribution in [2.45, 2.75) is 44.2 Å². The molecule has 5 heteroatoms. The van der Waals surface area contributed by atoms with E-state index in [9.17, 15) is 9.59 Å². The summed E-state index contributed by atoms with van der Waals surface area (Å²) in [5, 5.41) is 11.7. The molecule has 1 aliphatic rings. The van der Waals surface area contributed by atoms with E-state index in [0.29, 0.717) is 6.54 Å². The molecule has 0 atom stereocenters. The summed E-state index contributed by atoms with van der Waals surface area (Å²) in [4.78, 5) is 22.9. The van der Waals surface area contributed by atoms with Crippen LogP contribution in [0.2, 0.25) is 0 Å². The van der Waals surface area contributed by atoms with Gasteiger partial charge in [0.05, 0.1) is 12.0 Å². The van der Waals surface area contributed by atoms with Crippen molar-refractivity contribution < 1.29 is 14.7 Å². The molecule has 1 aromatic carbocycles. The number of carbonyl (C=O) groups excluding carboxylic acids is 1. The number of carbonyl (C=O) groups is 2. The van der Waals surface area contributed by atoms with Crippen molar-refractivity contribution in [2.75, 3.05) is 0 Å². The van der Waals surface area contributed by atoms with Gasteiger partial charge in [-0.3, -0.25) is 9.59 Å². The fourth-order valence-electron chi connectivity index (χ4n) is 2.65. The molecule has 4 N–H and O–H groups in total. The van der Waals surface area contributed by atoms with Gasteiger partial charge in [0.1, 0.15) is 0 Å². The molecule has 20 heavy (non-hydrogen) atoms. The first kappa shape index (κ1) is 14.5. The fraction of sp³-hybridized carbons (Fsp3) is 0.467. The second-order valence-corrected chi connectivity index (χ2v) is 5.39. The SMILES string of the molecule is NC1(C(=O)NCc2ccccc2CC(=O)O)CCCC1. The van der Waals surface area contributed by atoms with Gasteiger partial charge in [-0.1, -0.05) is 37.1 Å². The van der Waals surface area contributed by atoms with Crippen LogP contribution in [0, 0.1) is 0 Å². The zero-order valence-corrected chi connectivity index (χ0v) is 11.4. The molecule has 1 amide bonds. The van der Waals surface area contributed by atoms with E-state index in [1.165, 1.54) is 0 Å². The highest BCUT2D eigenvalue weighted by atomic mass is 16.4. The van der Waals surface area contributed by atoms with Crippen LogP contribution in [0.25, 0.3) is 0 Å². The number of carboxylic acid groups (broad SMARTS) is 1. The largest absolute Gasteiger partial charge is 0.481 e. The van der Waals surface area contributed by atoms with E-state index >= 15 is 0 Å². The summed E-state index contributed by atoms with van der Waals surface area (Å²) < 4.78 is 0. The summed E-state index contributed by atoms with van der Waals surface area (Å²) in [5.74, 6) is -1.02. The number of amides is 1.